The molecule has 0 bridgehead atoms. The standard InChI is InChI=1S/C18H17BrO4/c19-15-9-5-4-8-14(15)18(12-6-2-1-3-7-12)13(10-16(20)21)11-17(22)23/h1-9,13,18H,10-11H2,(H,20,21)(H,22,23). The Balaban J connectivity index is 2.53. The minimum absolute atomic E-state index is 0.201. The first kappa shape index (κ1) is 17.2. The van der Waals surface area contributed by atoms with E-state index >= 15 is 0 Å². The number of benzene rings is 2. The first-order valence-electron chi connectivity index (χ1n) is 7.22. The monoisotopic (exact) mass is 376 g/mol. The highest BCUT2D eigenvalue weighted by Crippen LogP contribution is 2.39. The van der Waals surface area contributed by atoms with Crippen molar-refractivity contribution in [2.24, 2.45) is 5.92 Å². The van der Waals surface area contributed by atoms with Crippen LogP contribution in [0.4, 0.5) is 0 Å². The highest BCUT2D eigenvalue weighted by Gasteiger charge is 2.30. The second-order valence-electron chi connectivity index (χ2n) is 5.37. The summed E-state index contributed by atoms with van der Waals surface area (Å²) in [6, 6.07) is 17.0. The summed E-state index contributed by atoms with van der Waals surface area (Å²) in [5.41, 5.74) is 1.80. The Hall–Kier alpha value is -2.14. The van der Waals surface area contributed by atoms with Crippen molar-refractivity contribution >= 4 is 27.9 Å². The van der Waals surface area contributed by atoms with Crippen molar-refractivity contribution in [3.63, 3.8) is 0 Å². The molecule has 0 aliphatic rings. The van der Waals surface area contributed by atoms with Gasteiger partial charge in [0.25, 0.3) is 0 Å². The maximum Gasteiger partial charge on any atom is 0.303 e. The van der Waals surface area contributed by atoms with Crippen LogP contribution in [0, 0.1) is 5.92 Å². The molecule has 2 aromatic carbocycles. The van der Waals surface area contributed by atoms with Crippen LogP contribution in [0.1, 0.15) is 29.9 Å². The number of halogens is 1. The SMILES string of the molecule is O=C(O)CC(CC(=O)O)C(c1ccccc1)c1ccccc1Br. The van der Waals surface area contributed by atoms with Crippen LogP contribution >= 0.6 is 15.9 Å². The molecular formula is C18H17BrO4. The molecule has 1 unspecified atom stereocenters. The van der Waals surface area contributed by atoms with Crippen LogP contribution < -0.4 is 0 Å². The number of carbonyl (C=O) groups is 2. The van der Waals surface area contributed by atoms with E-state index in [1.165, 1.54) is 0 Å². The van der Waals surface area contributed by atoms with E-state index in [0.717, 1.165) is 15.6 Å². The van der Waals surface area contributed by atoms with Crippen LogP contribution in [0.5, 0.6) is 0 Å². The molecule has 2 aromatic rings. The van der Waals surface area contributed by atoms with Crippen molar-refractivity contribution in [2.45, 2.75) is 18.8 Å². The van der Waals surface area contributed by atoms with E-state index in [4.69, 9.17) is 0 Å². The van der Waals surface area contributed by atoms with E-state index < -0.39 is 17.9 Å². The van der Waals surface area contributed by atoms with Crippen LogP contribution in [-0.2, 0) is 9.59 Å². The summed E-state index contributed by atoms with van der Waals surface area (Å²) in [5.74, 6) is -2.83. The van der Waals surface area contributed by atoms with Gasteiger partial charge in [0.1, 0.15) is 0 Å². The van der Waals surface area contributed by atoms with Gasteiger partial charge in [0.2, 0.25) is 0 Å². The third kappa shape index (κ3) is 4.66. The summed E-state index contributed by atoms with van der Waals surface area (Å²) in [6.07, 6.45) is -0.402. The van der Waals surface area contributed by atoms with Gasteiger partial charge in [-0.05, 0) is 23.1 Å². The van der Waals surface area contributed by atoms with Crippen molar-refractivity contribution in [2.75, 3.05) is 0 Å². The van der Waals surface area contributed by atoms with Gasteiger partial charge in [-0.2, -0.15) is 0 Å². The Labute approximate surface area is 142 Å². The van der Waals surface area contributed by atoms with Crippen molar-refractivity contribution < 1.29 is 19.8 Å². The molecule has 5 heteroatoms. The van der Waals surface area contributed by atoms with Gasteiger partial charge in [-0.25, -0.2) is 0 Å². The lowest BCUT2D eigenvalue weighted by molar-refractivity contribution is -0.140. The average molecular weight is 377 g/mol. The van der Waals surface area contributed by atoms with Gasteiger partial charge in [-0.3, -0.25) is 9.59 Å². The quantitative estimate of drug-likeness (QED) is 0.760. The van der Waals surface area contributed by atoms with Crippen LogP contribution in [-0.4, -0.2) is 22.2 Å². The fourth-order valence-corrected chi connectivity index (χ4v) is 3.38. The molecule has 0 spiro atoms. The molecular weight excluding hydrogens is 360 g/mol. The lowest BCUT2D eigenvalue weighted by Gasteiger charge is -2.27. The summed E-state index contributed by atoms with van der Waals surface area (Å²) < 4.78 is 0.842. The Morgan fingerprint density at radius 1 is 0.870 bits per heavy atom. The zero-order chi connectivity index (χ0) is 16.8. The van der Waals surface area contributed by atoms with Gasteiger partial charge < -0.3 is 10.2 Å². The number of carboxylic acids is 2. The third-order valence-electron chi connectivity index (χ3n) is 3.74. The predicted octanol–water partition coefficient (Wildman–Crippen LogP) is 4.15. The molecule has 0 aliphatic heterocycles. The second kappa shape index (κ2) is 7.92. The summed E-state index contributed by atoms with van der Waals surface area (Å²) in [5, 5.41) is 18.4. The fourth-order valence-electron chi connectivity index (χ4n) is 2.85. The van der Waals surface area contributed by atoms with E-state index in [1.807, 2.05) is 54.6 Å². The molecule has 0 fully saturated rings. The maximum absolute atomic E-state index is 11.2. The van der Waals surface area contributed by atoms with E-state index in [1.54, 1.807) is 0 Å². The molecule has 23 heavy (non-hydrogen) atoms. The molecule has 0 heterocycles. The van der Waals surface area contributed by atoms with Crippen molar-refractivity contribution in [3.05, 3.63) is 70.2 Å². The molecule has 0 aliphatic carbocycles. The van der Waals surface area contributed by atoms with Gasteiger partial charge in [0.15, 0.2) is 0 Å². The molecule has 0 aromatic heterocycles. The van der Waals surface area contributed by atoms with Crippen molar-refractivity contribution in [1.82, 2.24) is 0 Å². The molecule has 1 atom stereocenters. The molecule has 0 saturated heterocycles. The molecule has 120 valence electrons. The number of rotatable bonds is 7. The number of hydrogen-bond donors (Lipinski definition) is 2. The van der Waals surface area contributed by atoms with Gasteiger partial charge in [-0.15, -0.1) is 0 Å². The minimum Gasteiger partial charge on any atom is -0.481 e. The summed E-state index contributed by atoms with van der Waals surface area (Å²) in [4.78, 5) is 22.5. The zero-order valence-corrected chi connectivity index (χ0v) is 13.9. The van der Waals surface area contributed by atoms with Gasteiger partial charge >= 0.3 is 11.9 Å². The topological polar surface area (TPSA) is 74.6 Å². The molecule has 0 amide bonds. The largest absolute Gasteiger partial charge is 0.481 e. The van der Waals surface area contributed by atoms with Crippen molar-refractivity contribution in [1.29, 1.82) is 0 Å². The number of aliphatic carboxylic acids is 2. The zero-order valence-electron chi connectivity index (χ0n) is 12.4. The van der Waals surface area contributed by atoms with Crippen LogP contribution in [0.15, 0.2) is 59.1 Å². The maximum atomic E-state index is 11.2. The fraction of sp³-hybridized carbons (Fsp3) is 0.222. The summed E-state index contributed by atoms with van der Waals surface area (Å²) >= 11 is 3.50. The first-order chi connectivity index (χ1) is 11.0. The highest BCUT2D eigenvalue weighted by molar-refractivity contribution is 9.10. The van der Waals surface area contributed by atoms with Crippen LogP contribution in [0.3, 0.4) is 0 Å². The molecule has 2 rings (SSSR count). The predicted molar refractivity (Wildman–Crippen MR) is 90.4 cm³/mol. The van der Waals surface area contributed by atoms with E-state index in [9.17, 15) is 19.8 Å². The Kier molecular flexibility index (Phi) is 5.93. The Morgan fingerprint density at radius 2 is 1.39 bits per heavy atom. The minimum atomic E-state index is -0.996. The smallest absolute Gasteiger partial charge is 0.303 e. The van der Waals surface area contributed by atoms with Crippen LogP contribution in [0.25, 0.3) is 0 Å². The molecule has 0 saturated carbocycles. The third-order valence-corrected chi connectivity index (χ3v) is 4.47. The average Bonchev–Trinajstić information content (AvgIpc) is 2.49. The van der Waals surface area contributed by atoms with E-state index in [2.05, 4.69) is 15.9 Å². The van der Waals surface area contributed by atoms with Gasteiger partial charge in [0, 0.05) is 23.2 Å². The lowest BCUT2D eigenvalue weighted by atomic mass is 9.77. The van der Waals surface area contributed by atoms with Crippen LogP contribution in [0.2, 0.25) is 0 Å². The van der Waals surface area contributed by atoms with E-state index in [0.29, 0.717) is 0 Å². The second-order valence-corrected chi connectivity index (χ2v) is 6.22. The normalized spacial score (nSPS) is 12.1. The summed E-state index contributed by atoms with van der Waals surface area (Å²) in [6.45, 7) is 0. The Morgan fingerprint density at radius 3 is 1.91 bits per heavy atom. The number of hydrogen-bond acceptors (Lipinski definition) is 2. The first-order valence-corrected chi connectivity index (χ1v) is 8.01. The molecule has 0 radical (unpaired) electrons. The van der Waals surface area contributed by atoms with E-state index in [-0.39, 0.29) is 18.8 Å². The van der Waals surface area contributed by atoms with Gasteiger partial charge in [0.05, 0.1) is 0 Å². The van der Waals surface area contributed by atoms with Crippen molar-refractivity contribution in [3.8, 4) is 0 Å². The Bertz CT molecular complexity index is 668. The lowest BCUT2D eigenvalue weighted by Crippen LogP contribution is -2.21. The highest BCUT2D eigenvalue weighted by atomic mass is 79.9. The molecule has 2 N–H and O–H groups in total. The summed E-state index contributed by atoms with van der Waals surface area (Å²) in [7, 11) is 0. The van der Waals surface area contributed by atoms with Gasteiger partial charge in [-0.1, -0.05) is 64.5 Å². The molecule has 4 nitrogen and oxygen atoms in total. The number of carboxylic acid groups (broad SMARTS) is 2.